The highest BCUT2D eigenvalue weighted by Gasteiger charge is 2.16. The van der Waals surface area contributed by atoms with E-state index in [2.05, 4.69) is 10.5 Å². The summed E-state index contributed by atoms with van der Waals surface area (Å²) in [6, 6.07) is 11.8. The van der Waals surface area contributed by atoms with Gasteiger partial charge in [0.05, 0.1) is 5.71 Å². The molecule has 2 N–H and O–H groups in total. The van der Waals surface area contributed by atoms with Crippen LogP contribution in [-0.4, -0.2) is 23.5 Å². The van der Waals surface area contributed by atoms with Crippen molar-refractivity contribution in [1.82, 2.24) is 5.43 Å². The number of hydrazone groups is 1. The van der Waals surface area contributed by atoms with Gasteiger partial charge in [0.2, 0.25) is 6.79 Å². The molecule has 6 heteroatoms. The van der Waals surface area contributed by atoms with Crippen LogP contribution in [0.1, 0.15) is 29.3 Å². The van der Waals surface area contributed by atoms with Crippen LogP contribution in [0.5, 0.6) is 17.2 Å². The molecule has 1 aliphatic heterocycles. The first kappa shape index (κ1) is 14.9. The first-order valence-corrected chi connectivity index (χ1v) is 7.24. The average molecular weight is 312 g/mol. The lowest BCUT2D eigenvalue weighted by Crippen LogP contribution is -2.20. The third-order valence-electron chi connectivity index (χ3n) is 3.48. The number of ether oxygens (including phenoxy) is 2. The Hall–Kier alpha value is -3.02. The van der Waals surface area contributed by atoms with Gasteiger partial charge in [0.25, 0.3) is 5.91 Å². The Labute approximate surface area is 133 Å². The molecule has 6 nitrogen and oxygen atoms in total. The number of amides is 1. The van der Waals surface area contributed by atoms with Crippen molar-refractivity contribution < 1.29 is 19.4 Å². The number of benzene rings is 2. The second-order valence-corrected chi connectivity index (χ2v) is 4.94. The number of para-hydroxylation sites is 1. The highest BCUT2D eigenvalue weighted by Crippen LogP contribution is 2.32. The summed E-state index contributed by atoms with van der Waals surface area (Å²) in [7, 11) is 0. The van der Waals surface area contributed by atoms with Gasteiger partial charge in [-0.25, -0.2) is 5.43 Å². The predicted octanol–water partition coefficient (Wildman–Crippen LogP) is 2.67. The normalized spacial score (nSPS) is 13.0. The zero-order chi connectivity index (χ0) is 16.2. The monoisotopic (exact) mass is 312 g/mol. The molecule has 0 bridgehead atoms. The molecule has 0 aromatic heterocycles. The molecule has 0 aliphatic carbocycles. The third kappa shape index (κ3) is 3.11. The van der Waals surface area contributed by atoms with E-state index in [1.165, 1.54) is 0 Å². The fourth-order valence-electron chi connectivity index (χ4n) is 2.27. The summed E-state index contributed by atoms with van der Waals surface area (Å²) in [4.78, 5) is 12.2. The lowest BCUT2D eigenvalue weighted by Gasteiger charge is -2.07. The van der Waals surface area contributed by atoms with Gasteiger partial charge < -0.3 is 14.6 Å². The molecule has 0 radical (unpaired) electrons. The maximum Gasteiger partial charge on any atom is 0.271 e. The zero-order valence-corrected chi connectivity index (χ0v) is 12.6. The molecule has 0 saturated heterocycles. The number of carbonyl (C=O) groups is 1. The number of nitrogens with zero attached hydrogens (tertiary/aromatic N) is 1. The molecule has 0 unspecified atom stereocenters. The molecule has 2 aromatic rings. The summed E-state index contributed by atoms with van der Waals surface area (Å²) in [6.45, 7) is 2.06. The molecule has 0 fully saturated rings. The standard InChI is InChI=1S/C17H16N2O4/c1-2-13(12-5-3-4-6-14(12)20)18-19-17(21)11-7-8-15-16(9-11)23-10-22-15/h3-9,20H,2,10H2,1H3,(H,19,21)/b18-13-. The minimum Gasteiger partial charge on any atom is -0.507 e. The number of phenolic OH excluding ortho intramolecular Hbond substituents is 1. The molecule has 0 spiro atoms. The van der Waals surface area contributed by atoms with E-state index >= 15 is 0 Å². The highest BCUT2D eigenvalue weighted by molar-refractivity contribution is 6.04. The maximum atomic E-state index is 12.2. The van der Waals surface area contributed by atoms with Gasteiger partial charge in [-0.15, -0.1) is 0 Å². The second-order valence-electron chi connectivity index (χ2n) is 4.94. The Balaban J connectivity index is 1.78. The van der Waals surface area contributed by atoms with Crippen molar-refractivity contribution >= 4 is 11.6 Å². The molecule has 0 saturated carbocycles. The predicted molar refractivity (Wildman–Crippen MR) is 85.0 cm³/mol. The van der Waals surface area contributed by atoms with Crippen LogP contribution >= 0.6 is 0 Å². The SMILES string of the molecule is CC/C(=N/NC(=O)c1ccc2c(c1)OCO2)c1ccccc1O. The van der Waals surface area contributed by atoms with Crippen molar-refractivity contribution in [2.24, 2.45) is 5.10 Å². The Morgan fingerprint density at radius 1 is 1.22 bits per heavy atom. The number of phenols is 1. The number of hydrogen-bond acceptors (Lipinski definition) is 5. The first-order valence-electron chi connectivity index (χ1n) is 7.24. The van der Waals surface area contributed by atoms with E-state index < -0.39 is 0 Å². The van der Waals surface area contributed by atoms with Crippen molar-refractivity contribution in [2.45, 2.75) is 13.3 Å². The third-order valence-corrected chi connectivity index (χ3v) is 3.48. The zero-order valence-electron chi connectivity index (χ0n) is 12.6. The largest absolute Gasteiger partial charge is 0.507 e. The van der Waals surface area contributed by atoms with E-state index in [1.54, 1.807) is 42.5 Å². The van der Waals surface area contributed by atoms with Crippen molar-refractivity contribution in [3.05, 3.63) is 53.6 Å². The van der Waals surface area contributed by atoms with E-state index in [0.29, 0.717) is 34.8 Å². The van der Waals surface area contributed by atoms with Crippen LogP contribution in [0.4, 0.5) is 0 Å². The van der Waals surface area contributed by atoms with Crippen LogP contribution in [0.2, 0.25) is 0 Å². The minimum absolute atomic E-state index is 0.130. The molecule has 2 aromatic carbocycles. The summed E-state index contributed by atoms with van der Waals surface area (Å²) in [5, 5.41) is 14.0. The number of rotatable bonds is 4. The van der Waals surface area contributed by atoms with E-state index in [-0.39, 0.29) is 18.4 Å². The first-order chi connectivity index (χ1) is 11.2. The number of aromatic hydroxyl groups is 1. The Morgan fingerprint density at radius 2 is 2.00 bits per heavy atom. The van der Waals surface area contributed by atoms with Gasteiger partial charge in [-0.05, 0) is 36.8 Å². The fraction of sp³-hybridized carbons (Fsp3) is 0.176. The lowest BCUT2D eigenvalue weighted by atomic mass is 10.1. The number of carbonyl (C=O) groups excluding carboxylic acids is 1. The quantitative estimate of drug-likeness (QED) is 0.672. The van der Waals surface area contributed by atoms with E-state index in [1.807, 2.05) is 6.92 Å². The van der Waals surface area contributed by atoms with Crippen LogP contribution in [0.15, 0.2) is 47.6 Å². The minimum atomic E-state index is -0.357. The number of fused-ring (bicyclic) bond motifs is 1. The van der Waals surface area contributed by atoms with E-state index in [4.69, 9.17) is 9.47 Å². The van der Waals surface area contributed by atoms with Crippen LogP contribution < -0.4 is 14.9 Å². The van der Waals surface area contributed by atoms with Crippen LogP contribution in [0.3, 0.4) is 0 Å². The molecular weight excluding hydrogens is 296 g/mol. The van der Waals surface area contributed by atoms with E-state index in [0.717, 1.165) is 0 Å². The second kappa shape index (κ2) is 6.39. The lowest BCUT2D eigenvalue weighted by molar-refractivity contribution is 0.0954. The summed E-state index contributed by atoms with van der Waals surface area (Å²) in [5.74, 6) is 0.932. The Bertz CT molecular complexity index is 771. The van der Waals surface area contributed by atoms with Gasteiger partial charge >= 0.3 is 0 Å². The fourth-order valence-corrected chi connectivity index (χ4v) is 2.27. The molecular formula is C17H16N2O4. The molecule has 23 heavy (non-hydrogen) atoms. The van der Waals surface area contributed by atoms with Gasteiger partial charge in [0.15, 0.2) is 11.5 Å². The molecule has 1 amide bonds. The van der Waals surface area contributed by atoms with Crippen molar-refractivity contribution in [3.63, 3.8) is 0 Å². The maximum absolute atomic E-state index is 12.2. The van der Waals surface area contributed by atoms with Gasteiger partial charge in [0.1, 0.15) is 5.75 Å². The number of hydrogen-bond donors (Lipinski definition) is 2. The summed E-state index contributed by atoms with van der Waals surface area (Å²) >= 11 is 0. The molecule has 118 valence electrons. The van der Waals surface area contributed by atoms with Gasteiger partial charge in [-0.3, -0.25) is 4.79 Å². The molecule has 0 atom stereocenters. The average Bonchev–Trinajstić information content (AvgIpc) is 3.04. The van der Waals surface area contributed by atoms with Gasteiger partial charge in [-0.1, -0.05) is 19.1 Å². The van der Waals surface area contributed by atoms with Crippen molar-refractivity contribution in [2.75, 3.05) is 6.79 Å². The summed E-state index contributed by atoms with van der Waals surface area (Å²) < 4.78 is 10.5. The highest BCUT2D eigenvalue weighted by atomic mass is 16.7. The van der Waals surface area contributed by atoms with Crippen LogP contribution in [0.25, 0.3) is 0 Å². The smallest absolute Gasteiger partial charge is 0.271 e. The van der Waals surface area contributed by atoms with Crippen LogP contribution in [-0.2, 0) is 0 Å². The molecule has 1 aliphatic rings. The summed E-state index contributed by atoms with van der Waals surface area (Å²) in [6.07, 6.45) is 0.568. The summed E-state index contributed by atoms with van der Waals surface area (Å²) in [5.41, 5.74) is 4.12. The topological polar surface area (TPSA) is 80.2 Å². The van der Waals surface area contributed by atoms with E-state index in [9.17, 15) is 9.90 Å². The van der Waals surface area contributed by atoms with Gasteiger partial charge in [-0.2, -0.15) is 5.10 Å². The van der Waals surface area contributed by atoms with Crippen molar-refractivity contribution in [1.29, 1.82) is 0 Å². The number of nitrogens with one attached hydrogen (secondary N) is 1. The molecule has 3 rings (SSSR count). The van der Waals surface area contributed by atoms with Gasteiger partial charge in [0, 0.05) is 11.1 Å². The van der Waals surface area contributed by atoms with Crippen molar-refractivity contribution in [3.8, 4) is 17.2 Å². The van der Waals surface area contributed by atoms with Crippen LogP contribution in [0, 0.1) is 0 Å². The Kier molecular flexibility index (Phi) is 4.14. The molecule has 1 heterocycles. The Morgan fingerprint density at radius 3 is 2.78 bits per heavy atom.